The third-order valence-corrected chi connectivity index (χ3v) is 3.11. The Bertz CT molecular complexity index is 284. The number of nitrogens with zero attached hydrogens (tertiary/aromatic N) is 1. The van der Waals surface area contributed by atoms with Gasteiger partial charge in [0.1, 0.15) is 0 Å². The molecule has 0 saturated carbocycles. The van der Waals surface area contributed by atoms with Gasteiger partial charge in [0.2, 0.25) is 0 Å². The summed E-state index contributed by atoms with van der Waals surface area (Å²) in [5, 5.41) is 0. The maximum atomic E-state index is 6.21. The van der Waals surface area contributed by atoms with Crippen molar-refractivity contribution in [3.63, 3.8) is 0 Å². The van der Waals surface area contributed by atoms with Gasteiger partial charge in [0.25, 0.3) is 0 Å². The molecule has 0 amide bonds. The first-order chi connectivity index (χ1) is 8.26. The Morgan fingerprint density at radius 1 is 1.18 bits per heavy atom. The lowest BCUT2D eigenvalue weighted by molar-refractivity contribution is 0.264. The lowest BCUT2D eigenvalue weighted by Gasteiger charge is -2.24. The highest BCUT2D eigenvalue weighted by atomic mass is 15.1. The minimum atomic E-state index is 0.245. The Hall–Kier alpha value is -0.860. The van der Waals surface area contributed by atoms with Crippen molar-refractivity contribution in [1.82, 2.24) is 4.90 Å². The van der Waals surface area contributed by atoms with E-state index in [-0.39, 0.29) is 6.04 Å². The molecule has 1 atom stereocenters. The molecule has 0 aliphatic carbocycles. The van der Waals surface area contributed by atoms with Crippen LogP contribution in [-0.4, -0.2) is 30.6 Å². The summed E-state index contributed by atoms with van der Waals surface area (Å²) in [4.78, 5) is 2.46. The van der Waals surface area contributed by atoms with Crippen LogP contribution in [0.1, 0.15) is 32.3 Å². The van der Waals surface area contributed by atoms with Crippen LogP contribution in [0.25, 0.3) is 0 Å². The first-order valence-electron chi connectivity index (χ1n) is 6.78. The summed E-state index contributed by atoms with van der Waals surface area (Å²) in [5.74, 6) is 0. The number of benzene rings is 1. The highest BCUT2D eigenvalue weighted by molar-refractivity contribution is 5.15. The molecule has 0 saturated heterocycles. The Kier molecular flexibility index (Phi) is 6.90. The molecular formula is C15H26N2. The van der Waals surface area contributed by atoms with Crippen molar-refractivity contribution in [2.45, 2.75) is 39.2 Å². The highest BCUT2D eigenvalue weighted by Crippen LogP contribution is 2.04. The molecule has 0 aliphatic heterocycles. The van der Waals surface area contributed by atoms with Crippen LogP contribution >= 0.6 is 0 Å². The van der Waals surface area contributed by atoms with E-state index in [0.717, 1.165) is 19.5 Å². The summed E-state index contributed by atoms with van der Waals surface area (Å²) in [7, 11) is 0. The molecule has 1 aromatic carbocycles. The molecule has 1 aromatic rings. The van der Waals surface area contributed by atoms with Gasteiger partial charge in [-0.05, 0) is 31.5 Å². The summed E-state index contributed by atoms with van der Waals surface area (Å²) < 4.78 is 0. The number of hydrogen-bond donors (Lipinski definition) is 1. The van der Waals surface area contributed by atoms with E-state index in [4.69, 9.17) is 5.73 Å². The second kappa shape index (κ2) is 8.26. The molecule has 96 valence electrons. The van der Waals surface area contributed by atoms with Gasteiger partial charge in [0, 0.05) is 12.6 Å². The van der Waals surface area contributed by atoms with Crippen molar-refractivity contribution in [2.24, 2.45) is 5.73 Å². The quantitative estimate of drug-likeness (QED) is 0.749. The van der Waals surface area contributed by atoms with Gasteiger partial charge in [-0.3, -0.25) is 0 Å². The maximum Gasteiger partial charge on any atom is 0.0208 e. The molecule has 0 fully saturated rings. The van der Waals surface area contributed by atoms with Crippen LogP contribution in [0.15, 0.2) is 30.3 Å². The normalized spacial score (nSPS) is 12.9. The van der Waals surface area contributed by atoms with Crippen LogP contribution in [0, 0.1) is 0 Å². The molecule has 2 nitrogen and oxygen atoms in total. The zero-order valence-corrected chi connectivity index (χ0v) is 11.2. The largest absolute Gasteiger partial charge is 0.326 e. The van der Waals surface area contributed by atoms with Gasteiger partial charge in [-0.15, -0.1) is 0 Å². The van der Waals surface area contributed by atoms with Gasteiger partial charge in [-0.1, -0.05) is 50.6 Å². The minimum absolute atomic E-state index is 0.245. The second-order valence-corrected chi connectivity index (χ2v) is 4.70. The summed E-state index contributed by atoms with van der Waals surface area (Å²) in [6, 6.07) is 10.8. The van der Waals surface area contributed by atoms with E-state index in [1.807, 2.05) is 0 Å². The molecule has 0 unspecified atom stereocenters. The zero-order chi connectivity index (χ0) is 12.5. The van der Waals surface area contributed by atoms with Gasteiger partial charge >= 0.3 is 0 Å². The van der Waals surface area contributed by atoms with E-state index >= 15 is 0 Å². The Morgan fingerprint density at radius 3 is 2.47 bits per heavy atom. The SMILES string of the molecule is CCCCN(CC)C[C@H](N)Cc1ccccc1. The minimum Gasteiger partial charge on any atom is -0.326 e. The van der Waals surface area contributed by atoms with Gasteiger partial charge in [0.05, 0.1) is 0 Å². The van der Waals surface area contributed by atoms with Crippen LogP contribution in [0.2, 0.25) is 0 Å². The van der Waals surface area contributed by atoms with E-state index < -0.39 is 0 Å². The van der Waals surface area contributed by atoms with Crippen molar-refractivity contribution >= 4 is 0 Å². The summed E-state index contributed by atoms with van der Waals surface area (Å²) in [6.45, 7) is 7.73. The number of nitrogens with two attached hydrogens (primary N) is 1. The van der Waals surface area contributed by atoms with Crippen molar-refractivity contribution < 1.29 is 0 Å². The predicted molar refractivity (Wildman–Crippen MR) is 75.1 cm³/mol. The van der Waals surface area contributed by atoms with Gasteiger partial charge in [-0.2, -0.15) is 0 Å². The molecule has 0 radical (unpaired) electrons. The molecule has 1 rings (SSSR count). The molecule has 2 heteroatoms. The standard InChI is InChI=1S/C15H26N2/c1-3-5-11-17(4-2)13-15(16)12-14-9-7-6-8-10-14/h6-10,15H,3-5,11-13,16H2,1-2H3/t15-/m1/s1. The average molecular weight is 234 g/mol. The number of rotatable bonds is 8. The fraction of sp³-hybridized carbons (Fsp3) is 0.600. The third kappa shape index (κ3) is 5.85. The maximum absolute atomic E-state index is 6.21. The van der Waals surface area contributed by atoms with E-state index in [1.165, 1.54) is 24.9 Å². The Balaban J connectivity index is 2.34. The topological polar surface area (TPSA) is 29.3 Å². The smallest absolute Gasteiger partial charge is 0.0208 e. The fourth-order valence-corrected chi connectivity index (χ4v) is 2.07. The average Bonchev–Trinajstić information content (AvgIpc) is 2.35. The molecule has 0 bridgehead atoms. The van der Waals surface area contributed by atoms with Crippen molar-refractivity contribution in [2.75, 3.05) is 19.6 Å². The number of hydrogen-bond acceptors (Lipinski definition) is 2. The van der Waals surface area contributed by atoms with Gasteiger partial charge in [-0.25, -0.2) is 0 Å². The Labute approximate surface area is 106 Å². The molecular weight excluding hydrogens is 208 g/mol. The van der Waals surface area contributed by atoms with E-state index in [9.17, 15) is 0 Å². The van der Waals surface area contributed by atoms with Gasteiger partial charge in [0.15, 0.2) is 0 Å². The molecule has 2 N–H and O–H groups in total. The van der Waals surface area contributed by atoms with Crippen LogP contribution < -0.4 is 5.73 Å². The zero-order valence-electron chi connectivity index (χ0n) is 11.2. The molecule has 0 heterocycles. The molecule has 17 heavy (non-hydrogen) atoms. The van der Waals surface area contributed by atoms with E-state index in [1.54, 1.807) is 0 Å². The molecule has 0 spiro atoms. The first-order valence-corrected chi connectivity index (χ1v) is 6.78. The van der Waals surface area contributed by atoms with Gasteiger partial charge < -0.3 is 10.6 Å². The van der Waals surface area contributed by atoms with E-state index in [0.29, 0.717) is 0 Å². The summed E-state index contributed by atoms with van der Waals surface area (Å²) >= 11 is 0. The monoisotopic (exact) mass is 234 g/mol. The summed E-state index contributed by atoms with van der Waals surface area (Å²) in [6.07, 6.45) is 3.50. The van der Waals surface area contributed by atoms with Crippen LogP contribution in [-0.2, 0) is 6.42 Å². The summed E-state index contributed by atoms with van der Waals surface area (Å²) in [5.41, 5.74) is 7.55. The van der Waals surface area contributed by atoms with Crippen molar-refractivity contribution in [1.29, 1.82) is 0 Å². The first kappa shape index (κ1) is 14.2. The van der Waals surface area contributed by atoms with E-state index in [2.05, 4.69) is 49.1 Å². The predicted octanol–water partition coefficient (Wildman–Crippen LogP) is 2.68. The third-order valence-electron chi connectivity index (χ3n) is 3.11. The fourth-order valence-electron chi connectivity index (χ4n) is 2.07. The lowest BCUT2D eigenvalue weighted by Crippen LogP contribution is -2.39. The molecule has 0 aliphatic rings. The van der Waals surface area contributed by atoms with Crippen molar-refractivity contribution in [3.8, 4) is 0 Å². The second-order valence-electron chi connectivity index (χ2n) is 4.70. The van der Waals surface area contributed by atoms with Crippen molar-refractivity contribution in [3.05, 3.63) is 35.9 Å². The Morgan fingerprint density at radius 2 is 1.88 bits per heavy atom. The highest BCUT2D eigenvalue weighted by Gasteiger charge is 2.09. The van der Waals surface area contributed by atoms with Crippen LogP contribution in [0.5, 0.6) is 0 Å². The number of unbranched alkanes of at least 4 members (excludes halogenated alkanes) is 1. The number of likely N-dealkylation sites (N-methyl/N-ethyl adjacent to an activating group) is 1. The lowest BCUT2D eigenvalue weighted by atomic mass is 10.1. The van der Waals surface area contributed by atoms with Crippen LogP contribution in [0.3, 0.4) is 0 Å². The van der Waals surface area contributed by atoms with Crippen LogP contribution in [0.4, 0.5) is 0 Å². The molecule has 0 aromatic heterocycles.